The molecule has 0 saturated heterocycles. The average Bonchev–Trinajstić information content (AvgIpc) is 2.78. The first-order valence-corrected chi connectivity index (χ1v) is 5.26. The predicted molar refractivity (Wildman–Crippen MR) is 61.8 cm³/mol. The van der Waals surface area contributed by atoms with Crippen molar-refractivity contribution in [2.24, 2.45) is 0 Å². The van der Waals surface area contributed by atoms with Crippen molar-refractivity contribution in [2.45, 2.75) is 20.0 Å². The van der Waals surface area contributed by atoms with Crippen molar-refractivity contribution in [3.05, 3.63) is 39.7 Å². The van der Waals surface area contributed by atoms with Gasteiger partial charge in [0.2, 0.25) is 0 Å². The van der Waals surface area contributed by atoms with Gasteiger partial charge in [-0.15, -0.1) is 0 Å². The van der Waals surface area contributed by atoms with Crippen molar-refractivity contribution in [1.29, 1.82) is 0 Å². The third-order valence-corrected chi connectivity index (χ3v) is 2.48. The van der Waals surface area contributed by atoms with E-state index in [2.05, 4.69) is 10.1 Å². The van der Waals surface area contributed by atoms with Crippen LogP contribution >= 0.6 is 0 Å². The van der Waals surface area contributed by atoms with E-state index in [1.54, 1.807) is 13.0 Å². The van der Waals surface area contributed by atoms with Crippen LogP contribution in [0.3, 0.4) is 0 Å². The van der Waals surface area contributed by atoms with Crippen LogP contribution in [-0.4, -0.2) is 20.2 Å². The lowest BCUT2D eigenvalue weighted by Gasteiger charge is -2.00. The van der Waals surface area contributed by atoms with Crippen molar-refractivity contribution in [2.75, 3.05) is 0 Å². The van der Waals surface area contributed by atoms with Gasteiger partial charge < -0.3 is 9.63 Å². The molecule has 1 atom stereocenters. The number of aliphatic hydroxyl groups excluding tert-OH is 1. The molecule has 18 heavy (non-hydrogen) atoms. The Balaban J connectivity index is 2.48. The van der Waals surface area contributed by atoms with Gasteiger partial charge in [-0.3, -0.25) is 10.1 Å². The number of aryl methyl sites for hydroxylation is 1. The molecular weight excluding hydrogens is 238 g/mol. The normalized spacial score (nSPS) is 12.4. The molecular formula is C11H11N3O4. The van der Waals surface area contributed by atoms with E-state index < -0.39 is 11.0 Å². The van der Waals surface area contributed by atoms with Crippen LogP contribution in [0.1, 0.15) is 24.4 Å². The molecule has 0 amide bonds. The average molecular weight is 249 g/mol. The molecule has 0 aliphatic carbocycles. The van der Waals surface area contributed by atoms with Gasteiger partial charge >= 0.3 is 0 Å². The van der Waals surface area contributed by atoms with Gasteiger partial charge in [-0.2, -0.15) is 4.98 Å². The Kier molecular flexibility index (Phi) is 3.07. The number of aromatic nitrogens is 2. The van der Waals surface area contributed by atoms with Gasteiger partial charge in [-0.1, -0.05) is 11.2 Å². The zero-order valence-electron chi connectivity index (χ0n) is 9.82. The summed E-state index contributed by atoms with van der Waals surface area (Å²) in [5.74, 6) is 0.308. The Labute approximate surface area is 102 Å². The Morgan fingerprint density at radius 2 is 2.22 bits per heavy atom. The van der Waals surface area contributed by atoms with Crippen LogP contribution in [0.25, 0.3) is 11.5 Å². The summed E-state index contributed by atoms with van der Waals surface area (Å²) in [6.07, 6.45) is -0.846. The number of aliphatic hydroxyl groups is 1. The molecule has 0 bridgehead atoms. The molecule has 0 fully saturated rings. The maximum absolute atomic E-state index is 10.7. The molecule has 1 aromatic heterocycles. The summed E-state index contributed by atoms with van der Waals surface area (Å²) in [7, 11) is 0. The minimum atomic E-state index is -0.846. The van der Waals surface area contributed by atoms with E-state index in [-0.39, 0.29) is 17.4 Å². The molecule has 1 unspecified atom stereocenters. The Hall–Kier alpha value is -2.28. The Morgan fingerprint density at radius 1 is 1.50 bits per heavy atom. The second-order valence-corrected chi connectivity index (χ2v) is 3.89. The molecule has 7 heteroatoms. The quantitative estimate of drug-likeness (QED) is 0.659. The first-order valence-electron chi connectivity index (χ1n) is 5.26. The molecule has 1 heterocycles. The van der Waals surface area contributed by atoms with Crippen LogP contribution in [0.2, 0.25) is 0 Å². The molecule has 0 aliphatic heterocycles. The van der Waals surface area contributed by atoms with Gasteiger partial charge in [0.05, 0.1) is 4.92 Å². The fourth-order valence-electron chi connectivity index (χ4n) is 1.47. The molecule has 0 aliphatic rings. The molecule has 0 radical (unpaired) electrons. The monoisotopic (exact) mass is 249 g/mol. The second-order valence-electron chi connectivity index (χ2n) is 3.89. The van der Waals surface area contributed by atoms with E-state index in [0.29, 0.717) is 5.56 Å². The predicted octanol–water partition coefficient (Wildman–Crippen LogP) is 2.01. The summed E-state index contributed by atoms with van der Waals surface area (Å²) in [6.45, 7) is 3.29. The van der Waals surface area contributed by atoms with Crippen molar-refractivity contribution in [1.82, 2.24) is 10.1 Å². The summed E-state index contributed by atoms with van der Waals surface area (Å²) >= 11 is 0. The van der Waals surface area contributed by atoms with Crippen LogP contribution in [0.4, 0.5) is 5.69 Å². The molecule has 94 valence electrons. The highest BCUT2D eigenvalue weighted by Gasteiger charge is 2.17. The maximum atomic E-state index is 10.7. The number of nitro groups is 1. The summed E-state index contributed by atoms with van der Waals surface area (Å²) in [5, 5.41) is 23.6. The number of benzene rings is 1. The van der Waals surface area contributed by atoms with Crippen LogP contribution in [0.15, 0.2) is 22.7 Å². The molecule has 2 aromatic rings. The molecule has 1 N–H and O–H groups in total. The first kappa shape index (κ1) is 12.2. The minimum absolute atomic E-state index is 0.0487. The Morgan fingerprint density at radius 3 is 2.78 bits per heavy atom. The molecule has 7 nitrogen and oxygen atoms in total. The number of hydrogen-bond donors (Lipinski definition) is 1. The first-order chi connectivity index (χ1) is 8.49. The third-order valence-electron chi connectivity index (χ3n) is 2.48. The largest absolute Gasteiger partial charge is 0.385 e. The van der Waals surface area contributed by atoms with Crippen LogP contribution in [0.5, 0.6) is 0 Å². The van der Waals surface area contributed by atoms with Crippen LogP contribution < -0.4 is 0 Å². The second kappa shape index (κ2) is 4.53. The van der Waals surface area contributed by atoms with Gasteiger partial charge in [-0.05, 0) is 19.4 Å². The van der Waals surface area contributed by atoms with Crippen LogP contribution in [0, 0.1) is 17.0 Å². The summed E-state index contributed by atoms with van der Waals surface area (Å²) in [4.78, 5) is 14.2. The van der Waals surface area contributed by atoms with E-state index >= 15 is 0 Å². The van der Waals surface area contributed by atoms with E-state index in [0.717, 1.165) is 5.56 Å². The van der Waals surface area contributed by atoms with E-state index in [4.69, 9.17) is 4.52 Å². The fourth-order valence-corrected chi connectivity index (χ4v) is 1.47. The molecule has 0 spiro atoms. The van der Waals surface area contributed by atoms with Crippen molar-refractivity contribution in [3.8, 4) is 11.5 Å². The van der Waals surface area contributed by atoms with Gasteiger partial charge in [0.25, 0.3) is 11.6 Å². The lowest BCUT2D eigenvalue weighted by atomic mass is 10.1. The van der Waals surface area contributed by atoms with E-state index in [9.17, 15) is 15.2 Å². The molecule has 1 aromatic carbocycles. The highest BCUT2D eigenvalue weighted by molar-refractivity contribution is 5.62. The van der Waals surface area contributed by atoms with Crippen molar-refractivity contribution >= 4 is 5.69 Å². The van der Waals surface area contributed by atoms with E-state index in [1.807, 2.05) is 0 Å². The zero-order valence-corrected chi connectivity index (χ0v) is 9.82. The van der Waals surface area contributed by atoms with Gasteiger partial charge in [0.15, 0.2) is 5.82 Å². The number of rotatable bonds is 3. The highest BCUT2D eigenvalue weighted by atomic mass is 16.6. The van der Waals surface area contributed by atoms with Crippen molar-refractivity contribution < 1.29 is 14.6 Å². The topological polar surface area (TPSA) is 102 Å². The maximum Gasteiger partial charge on any atom is 0.270 e. The number of hydrogen-bond acceptors (Lipinski definition) is 6. The summed E-state index contributed by atoms with van der Waals surface area (Å²) in [5.41, 5.74) is 1.22. The summed E-state index contributed by atoms with van der Waals surface area (Å²) in [6, 6.07) is 4.39. The molecule has 2 rings (SSSR count). The van der Waals surface area contributed by atoms with Crippen LogP contribution in [-0.2, 0) is 0 Å². The SMILES string of the molecule is Cc1ccc([N+](=O)[O-])cc1-c1nc(C(C)O)no1. The lowest BCUT2D eigenvalue weighted by molar-refractivity contribution is -0.384. The van der Waals surface area contributed by atoms with Gasteiger partial charge in [0.1, 0.15) is 6.10 Å². The standard InChI is InChI=1S/C11H11N3O4/c1-6-3-4-8(14(16)17)5-9(6)11-12-10(7(2)15)13-18-11/h3-5,7,15H,1-2H3. The smallest absolute Gasteiger partial charge is 0.270 e. The third kappa shape index (κ3) is 2.21. The zero-order chi connectivity index (χ0) is 13.3. The van der Waals surface area contributed by atoms with Gasteiger partial charge in [-0.25, -0.2) is 0 Å². The van der Waals surface area contributed by atoms with E-state index in [1.165, 1.54) is 19.1 Å². The lowest BCUT2D eigenvalue weighted by Crippen LogP contribution is -1.94. The number of nitro benzene ring substituents is 1. The highest BCUT2D eigenvalue weighted by Crippen LogP contribution is 2.26. The summed E-state index contributed by atoms with van der Waals surface area (Å²) < 4.78 is 4.98. The number of non-ortho nitro benzene ring substituents is 1. The number of nitrogens with zero attached hydrogens (tertiary/aromatic N) is 3. The molecule has 0 saturated carbocycles. The minimum Gasteiger partial charge on any atom is -0.385 e. The van der Waals surface area contributed by atoms with Crippen molar-refractivity contribution in [3.63, 3.8) is 0 Å². The Bertz CT molecular complexity index is 592. The van der Waals surface area contributed by atoms with Gasteiger partial charge in [0, 0.05) is 17.7 Å². The fraction of sp³-hybridized carbons (Fsp3) is 0.273.